The third kappa shape index (κ3) is 5.88. The van der Waals surface area contributed by atoms with Crippen LogP contribution in [0.4, 0.5) is 0 Å². The SMILES string of the molecule is CCC(CC)C(=O)/C=C(\O)C(CC)CC.Cc1[c-]n2c3nccc4cc(CC5CCCC5)c5c6ccccc6n(c5c43)c2c1C.[Ir]. The second-order valence-electron chi connectivity index (χ2n) is 13.2. The summed E-state index contributed by atoms with van der Waals surface area (Å²) in [5.74, 6) is 1.37. The van der Waals surface area contributed by atoms with Crippen LogP contribution >= 0.6 is 0 Å². The van der Waals surface area contributed by atoms with Gasteiger partial charge >= 0.3 is 0 Å². The van der Waals surface area contributed by atoms with Crippen molar-refractivity contribution < 1.29 is 30.0 Å². The Morgan fingerprint density at radius 3 is 2.35 bits per heavy atom. The van der Waals surface area contributed by atoms with E-state index >= 15 is 0 Å². The summed E-state index contributed by atoms with van der Waals surface area (Å²) in [5, 5.41) is 15.1. The number of para-hydroxylation sites is 1. The summed E-state index contributed by atoms with van der Waals surface area (Å²) in [6.07, 6.45) is 17.1. The van der Waals surface area contributed by atoms with Gasteiger partial charge in [0.2, 0.25) is 0 Å². The van der Waals surface area contributed by atoms with E-state index < -0.39 is 0 Å². The van der Waals surface area contributed by atoms with Crippen molar-refractivity contribution in [3.63, 3.8) is 0 Å². The molecule has 0 spiro atoms. The van der Waals surface area contributed by atoms with Crippen molar-refractivity contribution in [2.75, 3.05) is 0 Å². The van der Waals surface area contributed by atoms with Gasteiger partial charge in [-0.05, 0) is 61.1 Å². The van der Waals surface area contributed by atoms with Gasteiger partial charge in [-0.2, -0.15) is 0 Å². The Kier molecular flexibility index (Phi) is 10.6. The number of fused-ring (bicyclic) bond motifs is 6. The van der Waals surface area contributed by atoms with Gasteiger partial charge in [0.15, 0.2) is 5.78 Å². The number of pyridine rings is 1. The Hall–Kier alpha value is -3.21. The van der Waals surface area contributed by atoms with E-state index in [1.807, 2.05) is 33.9 Å². The van der Waals surface area contributed by atoms with Crippen LogP contribution in [0, 0.1) is 37.8 Å². The first kappa shape index (κ1) is 34.1. The predicted molar refractivity (Wildman–Crippen MR) is 188 cm³/mol. The average Bonchev–Trinajstić information content (AvgIpc) is 3.75. The minimum absolute atomic E-state index is 0. The van der Waals surface area contributed by atoms with Gasteiger partial charge in [0.05, 0.1) is 11.4 Å². The molecule has 2 aromatic carbocycles. The first-order valence-electron chi connectivity index (χ1n) is 17.2. The predicted octanol–water partition coefficient (Wildman–Crippen LogP) is 10.5. The van der Waals surface area contributed by atoms with Crippen molar-refractivity contribution in [2.24, 2.45) is 17.8 Å². The maximum Gasteiger partial charge on any atom is 0.162 e. The van der Waals surface area contributed by atoms with Crippen LogP contribution in [0.25, 0.3) is 43.9 Å². The number of hydrogen-bond donors (Lipinski definition) is 1. The van der Waals surface area contributed by atoms with Gasteiger partial charge in [-0.15, -0.1) is 11.1 Å². The molecule has 1 radical (unpaired) electrons. The molecule has 1 saturated carbocycles. The number of benzene rings is 2. The Morgan fingerprint density at radius 1 is 1.00 bits per heavy atom. The fourth-order valence-electron chi connectivity index (χ4n) is 7.81. The van der Waals surface area contributed by atoms with Crippen molar-refractivity contribution >= 4 is 49.7 Å². The van der Waals surface area contributed by atoms with Gasteiger partial charge < -0.3 is 13.9 Å². The van der Waals surface area contributed by atoms with Crippen molar-refractivity contribution in [1.82, 2.24) is 13.8 Å². The number of aliphatic hydroxyl groups excluding tert-OH is 1. The number of allylic oxidation sites excluding steroid dienone is 2. The minimum atomic E-state index is 0. The third-order valence-electron chi connectivity index (χ3n) is 10.6. The molecule has 4 aromatic heterocycles. The zero-order valence-electron chi connectivity index (χ0n) is 28.2. The van der Waals surface area contributed by atoms with Crippen molar-refractivity contribution in [3.8, 4) is 0 Å². The number of aliphatic hydroxyl groups is 1. The molecule has 0 amide bonds. The van der Waals surface area contributed by atoms with Crippen LogP contribution in [-0.2, 0) is 31.3 Å². The molecular formula is C40H48IrN3O2-. The molecule has 0 aliphatic heterocycles. The molecule has 245 valence electrons. The number of aromatic nitrogens is 3. The summed E-state index contributed by atoms with van der Waals surface area (Å²) in [4.78, 5) is 16.6. The van der Waals surface area contributed by atoms with Gasteiger partial charge in [0.1, 0.15) is 0 Å². The maximum absolute atomic E-state index is 11.7. The largest absolute Gasteiger partial charge is 0.512 e. The number of nitrogens with zero attached hydrogens (tertiary/aromatic N) is 3. The third-order valence-corrected chi connectivity index (χ3v) is 10.6. The number of aryl methyl sites for hydroxylation is 2. The monoisotopic (exact) mass is 795 g/mol. The fraction of sp³-hybridized carbons (Fsp3) is 0.450. The molecule has 0 unspecified atom stereocenters. The number of hydrogen-bond acceptors (Lipinski definition) is 3. The molecule has 1 fully saturated rings. The molecule has 4 heterocycles. The normalized spacial score (nSPS) is 14.4. The summed E-state index contributed by atoms with van der Waals surface area (Å²) < 4.78 is 4.67. The number of rotatable bonds is 9. The Morgan fingerprint density at radius 2 is 1.67 bits per heavy atom. The van der Waals surface area contributed by atoms with Crippen LogP contribution in [0.5, 0.6) is 0 Å². The summed E-state index contributed by atoms with van der Waals surface area (Å²) in [6.45, 7) is 12.4. The molecule has 0 bridgehead atoms. The summed E-state index contributed by atoms with van der Waals surface area (Å²) in [5.41, 5.74) is 8.83. The zero-order chi connectivity index (χ0) is 31.8. The van der Waals surface area contributed by atoms with Crippen LogP contribution in [0.3, 0.4) is 0 Å². The number of carbonyl (C=O) groups is 1. The number of ketones is 1. The fourth-order valence-corrected chi connectivity index (χ4v) is 7.81. The van der Waals surface area contributed by atoms with E-state index in [0.717, 1.165) is 37.2 Å². The van der Waals surface area contributed by atoms with E-state index in [1.165, 1.54) is 93.1 Å². The smallest absolute Gasteiger partial charge is 0.162 e. The van der Waals surface area contributed by atoms with Crippen molar-refractivity contribution in [3.05, 3.63) is 77.3 Å². The van der Waals surface area contributed by atoms with E-state index in [2.05, 4.69) is 65.2 Å². The van der Waals surface area contributed by atoms with Gasteiger partial charge in [-0.3, -0.25) is 9.78 Å². The van der Waals surface area contributed by atoms with Crippen LogP contribution in [0.15, 0.2) is 54.4 Å². The standard InChI is InChI=1S/C27H24N3.C13H24O2.Ir/c1-16-15-29-26-24-19(11-12-28-26)14-20(13-18-7-3-4-8-18)23-21-9-5-6-10-22(21)30(25(23)24)27(29)17(16)2;1-5-10(6-2)12(14)9-13(15)11(7-3)8-4;/h5-6,9-12,14,18H,3-4,7-8,13H2,1-2H3;9-11,14H,5-8H2,1-4H3;/q-1;;/b;12-9-;. The molecule has 1 aliphatic rings. The minimum Gasteiger partial charge on any atom is -0.512 e. The van der Waals surface area contributed by atoms with E-state index in [1.54, 1.807) is 0 Å². The molecule has 6 aromatic rings. The maximum atomic E-state index is 11.7. The van der Waals surface area contributed by atoms with Crippen molar-refractivity contribution in [2.45, 2.75) is 99.3 Å². The van der Waals surface area contributed by atoms with Gasteiger partial charge in [0.25, 0.3) is 0 Å². The van der Waals surface area contributed by atoms with Gasteiger partial charge in [-0.1, -0.05) is 97.7 Å². The topological polar surface area (TPSA) is 59.0 Å². The van der Waals surface area contributed by atoms with E-state index in [9.17, 15) is 9.90 Å². The molecule has 46 heavy (non-hydrogen) atoms. The quantitative estimate of drug-likeness (QED) is 0.0901. The summed E-state index contributed by atoms with van der Waals surface area (Å²) >= 11 is 0. The van der Waals surface area contributed by atoms with Crippen molar-refractivity contribution in [1.29, 1.82) is 0 Å². The zero-order valence-corrected chi connectivity index (χ0v) is 30.6. The Balaban J connectivity index is 0.000000225. The second kappa shape index (κ2) is 14.3. The molecule has 5 nitrogen and oxygen atoms in total. The van der Waals surface area contributed by atoms with Crippen LogP contribution in [-0.4, -0.2) is 24.7 Å². The first-order valence-corrected chi connectivity index (χ1v) is 17.2. The second-order valence-corrected chi connectivity index (χ2v) is 13.2. The first-order chi connectivity index (χ1) is 21.8. The average molecular weight is 795 g/mol. The molecular weight excluding hydrogens is 747 g/mol. The molecule has 0 saturated heterocycles. The van der Waals surface area contributed by atoms with E-state index in [-0.39, 0.29) is 43.5 Å². The van der Waals surface area contributed by atoms with Gasteiger partial charge in [0, 0.05) is 77.1 Å². The summed E-state index contributed by atoms with van der Waals surface area (Å²) in [6, 6.07) is 13.6. The molecule has 0 atom stereocenters. The van der Waals surface area contributed by atoms with Crippen LogP contribution < -0.4 is 0 Å². The van der Waals surface area contributed by atoms with E-state index in [4.69, 9.17) is 4.98 Å². The van der Waals surface area contributed by atoms with Crippen LogP contribution in [0.2, 0.25) is 0 Å². The molecule has 6 heteroatoms. The molecule has 7 rings (SSSR count). The molecule has 1 N–H and O–H groups in total. The Labute approximate surface area is 286 Å². The summed E-state index contributed by atoms with van der Waals surface area (Å²) in [7, 11) is 0. The Bertz CT molecular complexity index is 2000. The van der Waals surface area contributed by atoms with E-state index in [0.29, 0.717) is 0 Å². The number of carbonyl (C=O) groups excluding carboxylic acids is 1. The molecule has 1 aliphatic carbocycles. The van der Waals surface area contributed by atoms with Crippen LogP contribution in [0.1, 0.15) is 95.8 Å². The van der Waals surface area contributed by atoms with Gasteiger partial charge in [-0.25, -0.2) is 0 Å².